The van der Waals surface area contributed by atoms with Gasteiger partial charge in [0.05, 0.1) is 11.4 Å². The molecule has 0 bridgehead atoms. The van der Waals surface area contributed by atoms with E-state index in [-0.39, 0.29) is 0 Å². The Kier molecular flexibility index (Phi) is 4.97. The predicted molar refractivity (Wildman–Crippen MR) is 135 cm³/mol. The molecular formula is C31H24N2. The van der Waals surface area contributed by atoms with Crippen LogP contribution in [0.2, 0.25) is 0 Å². The number of hydrogen-bond acceptors (Lipinski definition) is 1. The van der Waals surface area contributed by atoms with Crippen molar-refractivity contribution >= 4 is 5.57 Å². The van der Waals surface area contributed by atoms with E-state index in [1.54, 1.807) is 0 Å². The van der Waals surface area contributed by atoms with Crippen LogP contribution in [-0.4, -0.2) is 9.78 Å². The molecule has 6 rings (SSSR count). The summed E-state index contributed by atoms with van der Waals surface area (Å²) in [6.45, 7) is 0. The second kappa shape index (κ2) is 8.40. The van der Waals surface area contributed by atoms with E-state index in [0.29, 0.717) is 5.92 Å². The summed E-state index contributed by atoms with van der Waals surface area (Å²) in [5.74, 6) is 0.305. The maximum Gasteiger partial charge on any atom is 0.0930 e. The average Bonchev–Trinajstić information content (AvgIpc) is 3.48. The molecule has 158 valence electrons. The Morgan fingerprint density at radius 3 is 1.97 bits per heavy atom. The highest BCUT2D eigenvalue weighted by Crippen LogP contribution is 2.41. The fourth-order valence-corrected chi connectivity index (χ4v) is 4.82. The van der Waals surface area contributed by atoms with Gasteiger partial charge in [-0.05, 0) is 40.5 Å². The quantitative estimate of drug-likeness (QED) is 0.289. The lowest BCUT2D eigenvalue weighted by Gasteiger charge is -2.13. The molecule has 1 unspecified atom stereocenters. The van der Waals surface area contributed by atoms with Crippen LogP contribution in [0.15, 0.2) is 127 Å². The summed E-state index contributed by atoms with van der Waals surface area (Å²) in [7, 11) is 0. The molecule has 2 nitrogen and oxygen atoms in total. The number of hydrogen-bond donors (Lipinski definition) is 0. The topological polar surface area (TPSA) is 17.8 Å². The molecule has 0 saturated heterocycles. The first-order chi connectivity index (χ1) is 16.4. The van der Waals surface area contributed by atoms with Crippen molar-refractivity contribution in [3.8, 4) is 16.9 Å². The van der Waals surface area contributed by atoms with E-state index in [4.69, 9.17) is 5.10 Å². The van der Waals surface area contributed by atoms with Gasteiger partial charge in [0.1, 0.15) is 0 Å². The van der Waals surface area contributed by atoms with Gasteiger partial charge in [0.15, 0.2) is 0 Å². The number of rotatable bonds is 5. The molecule has 0 N–H and O–H groups in total. The molecule has 1 aliphatic rings. The van der Waals surface area contributed by atoms with Crippen LogP contribution in [0.4, 0.5) is 0 Å². The Morgan fingerprint density at radius 1 is 0.636 bits per heavy atom. The van der Waals surface area contributed by atoms with E-state index in [1.165, 1.54) is 28.0 Å². The van der Waals surface area contributed by atoms with Crippen LogP contribution >= 0.6 is 0 Å². The third-order valence-electron chi connectivity index (χ3n) is 6.39. The lowest BCUT2D eigenvalue weighted by molar-refractivity contribution is 0.749. The fourth-order valence-electron chi connectivity index (χ4n) is 4.82. The van der Waals surface area contributed by atoms with Crippen molar-refractivity contribution in [3.63, 3.8) is 0 Å². The van der Waals surface area contributed by atoms with Crippen molar-refractivity contribution in [2.45, 2.75) is 12.3 Å². The highest BCUT2D eigenvalue weighted by atomic mass is 15.3. The van der Waals surface area contributed by atoms with Crippen molar-refractivity contribution in [1.82, 2.24) is 9.78 Å². The number of fused-ring (bicyclic) bond motifs is 1. The normalized spacial score (nSPS) is 14.7. The summed E-state index contributed by atoms with van der Waals surface area (Å²) >= 11 is 0. The monoisotopic (exact) mass is 424 g/mol. The van der Waals surface area contributed by atoms with Gasteiger partial charge in [0.25, 0.3) is 0 Å². The standard InChI is InChI=1S/C31H24N2/c1-4-12-23(13-5-1)30-21-25(28-18-10-11-19-29(28)30)20-27-22-31(24-14-6-2-7-15-24)32-33(27)26-16-8-3-9-17-26/h1-19,21-22,25H,20H2. The Balaban J connectivity index is 1.44. The second-order valence-electron chi connectivity index (χ2n) is 8.48. The molecule has 0 spiro atoms. The summed E-state index contributed by atoms with van der Waals surface area (Å²) in [5, 5.41) is 5.02. The van der Waals surface area contributed by atoms with Crippen LogP contribution in [0.25, 0.3) is 22.5 Å². The zero-order valence-corrected chi connectivity index (χ0v) is 18.3. The zero-order chi connectivity index (χ0) is 22.0. The predicted octanol–water partition coefficient (Wildman–Crippen LogP) is 7.31. The third kappa shape index (κ3) is 3.70. The summed E-state index contributed by atoms with van der Waals surface area (Å²) in [6.07, 6.45) is 3.33. The van der Waals surface area contributed by atoms with Crippen LogP contribution < -0.4 is 0 Å². The molecule has 2 heteroatoms. The van der Waals surface area contributed by atoms with E-state index in [0.717, 1.165) is 23.4 Å². The molecule has 0 aliphatic heterocycles. The number of allylic oxidation sites excluding steroid dienone is 1. The van der Waals surface area contributed by atoms with Gasteiger partial charge in [-0.1, -0.05) is 109 Å². The molecular weight excluding hydrogens is 400 g/mol. The van der Waals surface area contributed by atoms with Crippen molar-refractivity contribution in [1.29, 1.82) is 0 Å². The van der Waals surface area contributed by atoms with E-state index in [1.807, 2.05) is 12.1 Å². The van der Waals surface area contributed by atoms with Gasteiger partial charge < -0.3 is 0 Å². The van der Waals surface area contributed by atoms with Gasteiger partial charge in [0, 0.05) is 23.6 Å². The Morgan fingerprint density at radius 2 is 1.24 bits per heavy atom. The van der Waals surface area contributed by atoms with Gasteiger partial charge >= 0.3 is 0 Å². The largest absolute Gasteiger partial charge is 0.237 e. The minimum absolute atomic E-state index is 0.305. The SMILES string of the molecule is C1=C(c2ccccc2)c2ccccc2C1Cc1cc(-c2ccccc2)nn1-c1ccccc1. The molecule has 0 radical (unpaired) electrons. The first-order valence-electron chi connectivity index (χ1n) is 11.4. The average molecular weight is 425 g/mol. The highest BCUT2D eigenvalue weighted by molar-refractivity contribution is 5.85. The van der Waals surface area contributed by atoms with E-state index in [2.05, 4.69) is 120 Å². The first kappa shape index (κ1) is 19.5. The number of nitrogens with zero attached hydrogens (tertiary/aromatic N) is 2. The smallest absolute Gasteiger partial charge is 0.0930 e. The molecule has 0 fully saturated rings. The fraction of sp³-hybridized carbons (Fsp3) is 0.0645. The summed E-state index contributed by atoms with van der Waals surface area (Å²) in [6, 6.07) is 42.6. The van der Waals surface area contributed by atoms with Crippen LogP contribution in [0.1, 0.15) is 28.3 Å². The molecule has 1 aliphatic carbocycles. The Hall–Kier alpha value is -4.17. The van der Waals surface area contributed by atoms with Gasteiger partial charge in [-0.25, -0.2) is 4.68 Å². The van der Waals surface area contributed by atoms with Gasteiger partial charge in [-0.3, -0.25) is 0 Å². The number of aromatic nitrogens is 2. The first-order valence-corrected chi connectivity index (χ1v) is 11.4. The minimum Gasteiger partial charge on any atom is -0.237 e. The van der Waals surface area contributed by atoms with E-state index < -0.39 is 0 Å². The van der Waals surface area contributed by atoms with Crippen LogP contribution in [0, 0.1) is 0 Å². The van der Waals surface area contributed by atoms with Crippen molar-refractivity contribution in [2.75, 3.05) is 0 Å². The summed E-state index contributed by atoms with van der Waals surface area (Å²) < 4.78 is 2.11. The molecule has 5 aromatic rings. The van der Waals surface area contributed by atoms with Crippen molar-refractivity contribution < 1.29 is 0 Å². The van der Waals surface area contributed by atoms with E-state index >= 15 is 0 Å². The van der Waals surface area contributed by atoms with Gasteiger partial charge in [-0.15, -0.1) is 0 Å². The molecule has 0 saturated carbocycles. The van der Waals surface area contributed by atoms with Crippen molar-refractivity contribution in [3.05, 3.63) is 150 Å². The maximum absolute atomic E-state index is 5.02. The van der Waals surface area contributed by atoms with Crippen LogP contribution in [-0.2, 0) is 6.42 Å². The number of para-hydroxylation sites is 1. The minimum atomic E-state index is 0.305. The maximum atomic E-state index is 5.02. The highest BCUT2D eigenvalue weighted by Gasteiger charge is 2.25. The molecule has 33 heavy (non-hydrogen) atoms. The molecule has 4 aromatic carbocycles. The molecule has 1 atom stereocenters. The van der Waals surface area contributed by atoms with Crippen LogP contribution in [0.5, 0.6) is 0 Å². The third-order valence-corrected chi connectivity index (χ3v) is 6.39. The van der Waals surface area contributed by atoms with Gasteiger partial charge in [-0.2, -0.15) is 5.10 Å². The second-order valence-corrected chi connectivity index (χ2v) is 8.48. The van der Waals surface area contributed by atoms with Crippen LogP contribution in [0.3, 0.4) is 0 Å². The molecule has 1 aromatic heterocycles. The lowest BCUT2D eigenvalue weighted by Crippen LogP contribution is -2.06. The number of benzene rings is 4. The Bertz CT molecular complexity index is 1410. The summed E-state index contributed by atoms with van der Waals surface area (Å²) in [5.41, 5.74) is 9.77. The van der Waals surface area contributed by atoms with Crippen molar-refractivity contribution in [2.24, 2.45) is 0 Å². The zero-order valence-electron chi connectivity index (χ0n) is 18.3. The summed E-state index contributed by atoms with van der Waals surface area (Å²) in [4.78, 5) is 0. The molecule has 0 amide bonds. The van der Waals surface area contributed by atoms with Gasteiger partial charge in [0.2, 0.25) is 0 Å². The lowest BCUT2D eigenvalue weighted by atomic mass is 9.95. The molecule has 1 heterocycles. The Labute approximate surface area is 194 Å². The van der Waals surface area contributed by atoms with E-state index in [9.17, 15) is 0 Å².